The molecule has 2 aromatic heterocycles. The van der Waals surface area contributed by atoms with E-state index in [2.05, 4.69) is 12.1 Å². The van der Waals surface area contributed by atoms with Crippen molar-refractivity contribution in [1.82, 2.24) is 0 Å². The quantitative estimate of drug-likeness (QED) is 0.509. The number of rotatable bonds is 4. The zero-order valence-corrected chi connectivity index (χ0v) is 13.7. The fraction of sp³-hybridized carbons (Fsp3) is 0.0952. The molecular formula is C21H12N2O3. The molecule has 0 saturated heterocycles. The van der Waals surface area contributed by atoms with Crippen LogP contribution in [0.1, 0.15) is 27.4 Å². The summed E-state index contributed by atoms with van der Waals surface area (Å²) in [5.74, 6) is -0.273. The van der Waals surface area contributed by atoms with Gasteiger partial charge >= 0.3 is 0 Å². The number of benzene rings is 2. The third-order valence-electron chi connectivity index (χ3n) is 4.32. The SMILES string of the molecule is N#CCc1c(C(=O)c2oc3ccccc3c2CC#N)oc2ccccc12. The molecule has 0 fully saturated rings. The largest absolute Gasteiger partial charge is 0.452 e. The lowest BCUT2D eigenvalue weighted by atomic mass is 10.0. The highest BCUT2D eigenvalue weighted by Gasteiger charge is 2.27. The number of furan rings is 2. The fourth-order valence-corrected chi connectivity index (χ4v) is 3.18. The van der Waals surface area contributed by atoms with Gasteiger partial charge in [-0.1, -0.05) is 36.4 Å². The lowest BCUT2D eigenvalue weighted by molar-refractivity contribution is 0.0985. The smallest absolute Gasteiger partial charge is 0.264 e. The number of nitriles is 2. The van der Waals surface area contributed by atoms with Gasteiger partial charge in [-0.05, 0) is 12.1 Å². The normalized spacial score (nSPS) is 10.7. The van der Waals surface area contributed by atoms with E-state index in [9.17, 15) is 4.79 Å². The Morgan fingerprint density at radius 3 is 1.62 bits per heavy atom. The third-order valence-corrected chi connectivity index (χ3v) is 4.32. The molecule has 0 N–H and O–H groups in total. The number of hydrogen-bond acceptors (Lipinski definition) is 5. The van der Waals surface area contributed by atoms with Crippen molar-refractivity contribution in [3.8, 4) is 12.1 Å². The zero-order chi connectivity index (χ0) is 18.1. The molecule has 26 heavy (non-hydrogen) atoms. The van der Waals surface area contributed by atoms with Crippen LogP contribution in [0, 0.1) is 22.7 Å². The summed E-state index contributed by atoms with van der Waals surface area (Å²) in [5.41, 5.74) is 2.16. The molecule has 0 saturated carbocycles. The van der Waals surface area contributed by atoms with Crippen LogP contribution in [0.5, 0.6) is 0 Å². The van der Waals surface area contributed by atoms with Crippen molar-refractivity contribution in [3.05, 3.63) is 71.2 Å². The van der Waals surface area contributed by atoms with E-state index in [-0.39, 0.29) is 24.4 Å². The lowest BCUT2D eigenvalue weighted by Crippen LogP contribution is -2.04. The fourth-order valence-electron chi connectivity index (χ4n) is 3.18. The summed E-state index contributed by atoms with van der Waals surface area (Å²) in [6.07, 6.45) is 0.0950. The molecule has 124 valence electrons. The molecule has 0 radical (unpaired) electrons. The Balaban J connectivity index is 1.94. The van der Waals surface area contributed by atoms with Crippen molar-refractivity contribution in [2.24, 2.45) is 0 Å². The molecule has 0 bridgehead atoms. The summed E-state index contributed by atoms with van der Waals surface area (Å²) in [7, 11) is 0. The number of carbonyl (C=O) groups excluding carboxylic acids is 1. The summed E-state index contributed by atoms with van der Waals surface area (Å²) in [6, 6.07) is 18.6. The zero-order valence-electron chi connectivity index (χ0n) is 13.7. The van der Waals surface area contributed by atoms with Crippen molar-refractivity contribution in [1.29, 1.82) is 10.5 Å². The van der Waals surface area contributed by atoms with Crippen LogP contribution in [0.2, 0.25) is 0 Å². The van der Waals surface area contributed by atoms with Gasteiger partial charge < -0.3 is 8.83 Å². The van der Waals surface area contributed by atoms with Gasteiger partial charge in [0.25, 0.3) is 5.78 Å². The number of carbonyl (C=O) groups is 1. The highest BCUT2D eigenvalue weighted by atomic mass is 16.4. The van der Waals surface area contributed by atoms with Crippen molar-refractivity contribution in [2.45, 2.75) is 12.8 Å². The van der Waals surface area contributed by atoms with E-state index in [1.165, 1.54) is 0 Å². The average Bonchev–Trinajstić information content (AvgIpc) is 3.21. The third kappa shape index (κ3) is 2.35. The number of hydrogen-bond donors (Lipinski definition) is 0. The van der Waals surface area contributed by atoms with Crippen molar-refractivity contribution in [2.75, 3.05) is 0 Å². The van der Waals surface area contributed by atoms with Crippen LogP contribution < -0.4 is 0 Å². The molecule has 0 unspecified atom stereocenters. The maximum atomic E-state index is 13.2. The number of ketones is 1. The molecule has 0 aliphatic carbocycles. The summed E-state index contributed by atoms with van der Waals surface area (Å²) >= 11 is 0. The predicted molar refractivity (Wildman–Crippen MR) is 94.5 cm³/mol. The van der Waals surface area contributed by atoms with Crippen LogP contribution in [0.3, 0.4) is 0 Å². The molecule has 5 nitrogen and oxygen atoms in total. The summed E-state index contributed by atoms with van der Waals surface area (Å²) in [4.78, 5) is 13.2. The topological polar surface area (TPSA) is 90.9 Å². The van der Waals surface area contributed by atoms with Gasteiger partial charge in [-0.15, -0.1) is 0 Å². The van der Waals surface area contributed by atoms with E-state index in [4.69, 9.17) is 19.4 Å². The minimum Gasteiger partial charge on any atom is -0.452 e. The monoisotopic (exact) mass is 340 g/mol. The van der Waals surface area contributed by atoms with Gasteiger partial charge in [0.1, 0.15) is 11.2 Å². The van der Waals surface area contributed by atoms with Gasteiger partial charge in [0, 0.05) is 21.9 Å². The van der Waals surface area contributed by atoms with Gasteiger partial charge in [0.05, 0.1) is 25.0 Å². The Hall–Kier alpha value is -3.83. The second-order valence-electron chi connectivity index (χ2n) is 5.81. The van der Waals surface area contributed by atoms with Gasteiger partial charge in [-0.25, -0.2) is 0 Å². The standard InChI is InChI=1S/C21H12N2O3/c22-11-9-15-13-5-1-3-7-17(13)25-20(15)19(24)21-16(10-12-23)14-6-2-4-8-18(14)26-21/h1-8H,9-10H2. The van der Waals surface area contributed by atoms with Gasteiger partial charge in [-0.2, -0.15) is 10.5 Å². The summed E-state index contributed by atoms with van der Waals surface area (Å²) in [5, 5.41) is 19.8. The van der Waals surface area contributed by atoms with E-state index in [1.807, 2.05) is 24.3 Å². The van der Waals surface area contributed by atoms with E-state index < -0.39 is 5.78 Å². The number of para-hydroxylation sites is 2. The first kappa shape index (κ1) is 15.7. The van der Waals surface area contributed by atoms with Gasteiger partial charge in [0.15, 0.2) is 11.5 Å². The molecule has 0 spiro atoms. The van der Waals surface area contributed by atoms with Crippen LogP contribution in [-0.2, 0) is 12.8 Å². The Morgan fingerprint density at radius 2 is 1.19 bits per heavy atom. The van der Waals surface area contributed by atoms with Crippen molar-refractivity contribution in [3.63, 3.8) is 0 Å². The minimum atomic E-state index is -0.451. The molecule has 5 heteroatoms. The Kier molecular flexibility index (Phi) is 3.76. The first-order valence-electron chi connectivity index (χ1n) is 8.04. The molecule has 4 aromatic rings. The lowest BCUT2D eigenvalue weighted by Gasteiger charge is -1.99. The van der Waals surface area contributed by atoms with E-state index in [0.29, 0.717) is 22.3 Å². The molecule has 0 aliphatic rings. The highest BCUT2D eigenvalue weighted by molar-refractivity contribution is 6.12. The first-order chi connectivity index (χ1) is 12.7. The van der Waals surface area contributed by atoms with Crippen LogP contribution >= 0.6 is 0 Å². The van der Waals surface area contributed by atoms with E-state index in [1.54, 1.807) is 24.3 Å². The van der Waals surface area contributed by atoms with E-state index in [0.717, 1.165) is 10.8 Å². The van der Waals surface area contributed by atoms with Crippen LogP contribution in [0.4, 0.5) is 0 Å². The molecule has 0 amide bonds. The first-order valence-corrected chi connectivity index (χ1v) is 8.04. The molecular weight excluding hydrogens is 328 g/mol. The van der Waals surface area contributed by atoms with E-state index >= 15 is 0 Å². The van der Waals surface area contributed by atoms with Crippen molar-refractivity contribution < 1.29 is 13.6 Å². The summed E-state index contributed by atoms with van der Waals surface area (Å²) < 4.78 is 11.5. The number of nitrogens with zero attached hydrogens (tertiary/aromatic N) is 2. The molecule has 4 rings (SSSR count). The second-order valence-corrected chi connectivity index (χ2v) is 5.81. The highest BCUT2D eigenvalue weighted by Crippen LogP contribution is 2.32. The van der Waals surface area contributed by atoms with Crippen molar-refractivity contribution >= 4 is 27.7 Å². The van der Waals surface area contributed by atoms with Gasteiger partial charge in [0.2, 0.25) is 0 Å². The predicted octanol–water partition coefficient (Wildman–Crippen LogP) is 4.54. The molecule has 0 aliphatic heterocycles. The molecule has 2 aromatic carbocycles. The minimum absolute atomic E-state index is 0.0475. The number of fused-ring (bicyclic) bond motifs is 2. The van der Waals surface area contributed by atoms with Crippen LogP contribution in [0.25, 0.3) is 21.9 Å². The second kappa shape index (κ2) is 6.23. The molecule has 2 heterocycles. The van der Waals surface area contributed by atoms with Crippen LogP contribution in [-0.4, -0.2) is 5.78 Å². The Labute approximate surface area is 148 Å². The Morgan fingerprint density at radius 1 is 0.769 bits per heavy atom. The van der Waals surface area contributed by atoms with Gasteiger partial charge in [-0.3, -0.25) is 4.79 Å². The molecule has 0 atom stereocenters. The van der Waals surface area contributed by atoms with Crippen LogP contribution in [0.15, 0.2) is 57.4 Å². The summed E-state index contributed by atoms with van der Waals surface area (Å²) in [6.45, 7) is 0. The maximum Gasteiger partial charge on any atom is 0.264 e. The maximum absolute atomic E-state index is 13.2. The average molecular weight is 340 g/mol. The Bertz CT molecular complexity index is 1140.